The Morgan fingerprint density at radius 2 is 1.52 bits per heavy atom. The smallest absolute Gasteiger partial charge is 0.179 e. The highest BCUT2D eigenvalue weighted by Gasteiger charge is 2.13. The molecule has 0 heterocycles. The van der Waals surface area contributed by atoms with Crippen molar-refractivity contribution < 1.29 is 17.9 Å². The average molecular weight is 337 g/mol. The third kappa shape index (κ3) is 5.42. The molecule has 0 aliphatic rings. The number of aliphatic hydroxyl groups is 1. The predicted octanol–water partition coefficient (Wildman–Crippen LogP) is 1.92. The van der Waals surface area contributed by atoms with Gasteiger partial charge in [0.15, 0.2) is 9.84 Å². The first-order chi connectivity index (χ1) is 11.0. The quantitative estimate of drug-likeness (QED) is 0.571. The van der Waals surface area contributed by atoms with Gasteiger partial charge >= 0.3 is 0 Å². The average Bonchev–Trinajstić information content (AvgIpc) is 2.55. The molecule has 0 saturated heterocycles. The number of aliphatic hydroxyl groups excluding tert-OH is 1. The van der Waals surface area contributed by atoms with Gasteiger partial charge in [-0.2, -0.15) is 0 Å². The Bertz CT molecular complexity index is 713. The fraction of sp³-hybridized carbons (Fsp3) is 0.294. The lowest BCUT2D eigenvalue weighted by atomic mass is 10.1. The van der Waals surface area contributed by atoms with Crippen molar-refractivity contribution in [1.29, 1.82) is 0 Å². The molecular formula is C17H20FNO3S. The van der Waals surface area contributed by atoms with Crippen LogP contribution in [-0.4, -0.2) is 32.4 Å². The van der Waals surface area contributed by atoms with Crippen molar-refractivity contribution in [1.82, 2.24) is 5.32 Å². The summed E-state index contributed by atoms with van der Waals surface area (Å²) in [6.07, 6.45) is 0.780. The number of hydrogen-bond acceptors (Lipinski definition) is 4. The third-order valence-electron chi connectivity index (χ3n) is 3.52. The minimum atomic E-state index is -3.39. The van der Waals surface area contributed by atoms with Crippen LogP contribution in [0.1, 0.15) is 11.1 Å². The number of nitrogens with one attached hydrogen (secondary N) is 1. The zero-order valence-electron chi connectivity index (χ0n) is 12.7. The molecule has 0 fully saturated rings. The Labute approximate surface area is 135 Å². The van der Waals surface area contributed by atoms with Crippen LogP contribution in [0, 0.1) is 5.82 Å². The van der Waals surface area contributed by atoms with Gasteiger partial charge in [0.25, 0.3) is 0 Å². The molecule has 2 aromatic rings. The summed E-state index contributed by atoms with van der Waals surface area (Å²) < 4.78 is 36.9. The van der Waals surface area contributed by atoms with Crippen LogP contribution in [0.4, 0.5) is 4.39 Å². The van der Waals surface area contributed by atoms with E-state index < -0.39 is 15.7 Å². The Morgan fingerprint density at radius 1 is 0.913 bits per heavy atom. The van der Waals surface area contributed by atoms with E-state index in [4.69, 9.17) is 5.11 Å². The molecule has 0 aliphatic heterocycles. The first-order valence-corrected chi connectivity index (χ1v) is 9.04. The van der Waals surface area contributed by atoms with E-state index in [0.29, 0.717) is 13.1 Å². The van der Waals surface area contributed by atoms with Crippen molar-refractivity contribution in [2.24, 2.45) is 0 Å². The number of halogens is 1. The van der Waals surface area contributed by atoms with Gasteiger partial charge in [0.1, 0.15) is 5.82 Å². The highest BCUT2D eigenvalue weighted by atomic mass is 32.2. The molecule has 0 atom stereocenters. The zero-order valence-corrected chi connectivity index (χ0v) is 13.5. The second-order valence-corrected chi connectivity index (χ2v) is 7.36. The summed E-state index contributed by atoms with van der Waals surface area (Å²) in [4.78, 5) is 0.139. The minimum Gasteiger partial charge on any atom is -0.392 e. The van der Waals surface area contributed by atoms with Crippen LogP contribution < -0.4 is 5.32 Å². The number of rotatable bonds is 8. The molecule has 2 N–H and O–H groups in total. The molecular weight excluding hydrogens is 317 g/mol. The first-order valence-electron chi connectivity index (χ1n) is 7.39. The van der Waals surface area contributed by atoms with E-state index in [9.17, 15) is 12.8 Å². The first kappa shape index (κ1) is 17.6. The van der Waals surface area contributed by atoms with Gasteiger partial charge in [-0.25, -0.2) is 12.8 Å². The third-order valence-corrected chi connectivity index (χ3v) is 5.25. The van der Waals surface area contributed by atoms with Crippen molar-refractivity contribution in [3.63, 3.8) is 0 Å². The maximum Gasteiger partial charge on any atom is 0.179 e. The molecule has 0 aliphatic carbocycles. The van der Waals surface area contributed by atoms with E-state index >= 15 is 0 Å². The number of sulfone groups is 1. The summed E-state index contributed by atoms with van der Waals surface area (Å²) in [5, 5.41) is 12.1. The molecule has 0 unspecified atom stereocenters. The topological polar surface area (TPSA) is 66.4 Å². The Kier molecular flexibility index (Phi) is 6.27. The molecule has 2 aromatic carbocycles. The van der Waals surface area contributed by atoms with Gasteiger partial charge in [-0.05, 0) is 48.4 Å². The van der Waals surface area contributed by atoms with E-state index in [-0.39, 0.29) is 17.3 Å². The maximum atomic E-state index is 12.8. The van der Waals surface area contributed by atoms with Crippen molar-refractivity contribution >= 4 is 9.84 Å². The Morgan fingerprint density at radius 3 is 2.13 bits per heavy atom. The van der Waals surface area contributed by atoms with Crippen LogP contribution in [0.25, 0.3) is 0 Å². The standard InChI is InChI=1S/C17H20FNO3S/c18-16-5-7-17(8-6-16)23(21,22)12-11-19-10-9-14-1-3-15(13-20)4-2-14/h1-8,19-20H,9-13H2. The summed E-state index contributed by atoms with van der Waals surface area (Å²) in [7, 11) is -3.39. The van der Waals surface area contributed by atoms with Crippen LogP contribution in [0.2, 0.25) is 0 Å². The Hall–Kier alpha value is -1.76. The molecule has 0 aromatic heterocycles. The van der Waals surface area contributed by atoms with Crippen molar-refractivity contribution in [2.45, 2.75) is 17.9 Å². The summed E-state index contributed by atoms with van der Waals surface area (Å²) >= 11 is 0. The summed E-state index contributed by atoms with van der Waals surface area (Å²) in [5.41, 5.74) is 1.99. The molecule has 124 valence electrons. The molecule has 6 heteroatoms. The fourth-order valence-electron chi connectivity index (χ4n) is 2.14. The Balaban J connectivity index is 1.75. The molecule has 0 amide bonds. The van der Waals surface area contributed by atoms with Gasteiger partial charge in [-0.15, -0.1) is 0 Å². The highest BCUT2D eigenvalue weighted by Crippen LogP contribution is 2.11. The van der Waals surface area contributed by atoms with E-state index in [2.05, 4.69) is 5.32 Å². The van der Waals surface area contributed by atoms with E-state index in [1.807, 2.05) is 24.3 Å². The van der Waals surface area contributed by atoms with Crippen LogP contribution >= 0.6 is 0 Å². The largest absolute Gasteiger partial charge is 0.392 e. The minimum absolute atomic E-state index is 0.0257. The SMILES string of the molecule is O=S(=O)(CCNCCc1ccc(CO)cc1)c1ccc(F)cc1. The van der Waals surface area contributed by atoms with E-state index in [0.717, 1.165) is 29.7 Å². The molecule has 0 saturated carbocycles. The van der Waals surface area contributed by atoms with Crippen LogP contribution in [0.3, 0.4) is 0 Å². The fourth-order valence-corrected chi connectivity index (χ4v) is 3.33. The van der Waals surface area contributed by atoms with Crippen molar-refractivity contribution in [3.8, 4) is 0 Å². The lowest BCUT2D eigenvalue weighted by Gasteiger charge is -2.07. The van der Waals surface area contributed by atoms with Gasteiger partial charge in [0.05, 0.1) is 17.3 Å². The molecule has 23 heavy (non-hydrogen) atoms. The van der Waals surface area contributed by atoms with Crippen molar-refractivity contribution in [2.75, 3.05) is 18.8 Å². The molecule has 0 spiro atoms. The van der Waals surface area contributed by atoms with Gasteiger partial charge < -0.3 is 10.4 Å². The van der Waals surface area contributed by atoms with Gasteiger partial charge in [-0.1, -0.05) is 24.3 Å². The van der Waals surface area contributed by atoms with Crippen molar-refractivity contribution in [3.05, 3.63) is 65.5 Å². The van der Waals surface area contributed by atoms with Crippen LogP contribution in [0.15, 0.2) is 53.4 Å². The molecule has 0 bridgehead atoms. The number of hydrogen-bond donors (Lipinski definition) is 2. The summed E-state index contributed by atoms with van der Waals surface area (Å²) in [6.45, 7) is 1.03. The summed E-state index contributed by atoms with van der Waals surface area (Å²) in [5.74, 6) is -0.475. The normalized spacial score (nSPS) is 11.6. The summed E-state index contributed by atoms with van der Waals surface area (Å²) in [6, 6.07) is 12.5. The molecule has 2 rings (SSSR count). The molecule has 0 radical (unpaired) electrons. The lowest BCUT2D eigenvalue weighted by Crippen LogP contribution is -2.25. The van der Waals surface area contributed by atoms with Crippen LogP contribution in [-0.2, 0) is 22.9 Å². The predicted molar refractivity (Wildman–Crippen MR) is 87.4 cm³/mol. The van der Waals surface area contributed by atoms with Gasteiger partial charge in [0, 0.05) is 6.54 Å². The van der Waals surface area contributed by atoms with E-state index in [1.54, 1.807) is 0 Å². The van der Waals surface area contributed by atoms with Gasteiger partial charge in [-0.3, -0.25) is 0 Å². The monoisotopic (exact) mass is 337 g/mol. The van der Waals surface area contributed by atoms with Crippen LogP contribution in [0.5, 0.6) is 0 Å². The number of benzene rings is 2. The second kappa shape index (κ2) is 8.19. The second-order valence-electron chi connectivity index (χ2n) is 5.25. The maximum absolute atomic E-state index is 12.8. The zero-order chi connectivity index (χ0) is 16.7. The molecule has 4 nitrogen and oxygen atoms in total. The highest BCUT2D eigenvalue weighted by molar-refractivity contribution is 7.91. The van der Waals surface area contributed by atoms with E-state index in [1.165, 1.54) is 12.1 Å². The van der Waals surface area contributed by atoms with Gasteiger partial charge in [0.2, 0.25) is 0 Å². The lowest BCUT2D eigenvalue weighted by molar-refractivity contribution is 0.282.